The lowest BCUT2D eigenvalue weighted by Gasteiger charge is -2.08. The van der Waals surface area contributed by atoms with Crippen molar-refractivity contribution in [1.82, 2.24) is 15.0 Å². The fourth-order valence-electron chi connectivity index (χ4n) is 2.52. The SMILES string of the molecule is Cc1ccc(-c2nc(N)c3cc(C(O)c4ncccc4O)sc3n2)o1. The van der Waals surface area contributed by atoms with Crippen LogP contribution in [0.2, 0.25) is 0 Å². The third-order valence-corrected chi connectivity index (χ3v) is 4.83. The molecule has 0 amide bonds. The lowest BCUT2D eigenvalue weighted by molar-refractivity contribution is 0.214. The van der Waals surface area contributed by atoms with Gasteiger partial charge in [0.15, 0.2) is 11.6 Å². The highest BCUT2D eigenvalue weighted by molar-refractivity contribution is 7.18. The average molecular weight is 354 g/mol. The van der Waals surface area contributed by atoms with E-state index in [0.29, 0.717) is 32.5 Å². The minimum absolute atomic E-state index is 0.0711. The first-order chi connectivity index (χ1) is 12.0. The Kier molecular flexibility index (Phi) is 3.63. The lowest BCUT2D eigenvalue weighted by atomic mass is 10.1. The second kappa shape index (κ2) is 5.83. The average Bonchev–Trinajstić information content (AvgIpc) is 3.21. The second-order valence-electron chi connectivity index (χ2n) is 5.52. The number of furan rings is 1. The van der Waals surface area contributed by atoms with Gasteiger partial charge >= 0.3 is 0 Å². The Labute approximate surface area is 146 Å². The van der Waals surface area contributed by atoms with E-state index in [9.17, 15) is 10.2 Å². The van der Waals surface area contributed by atoms with E-state index in [4.69, 9.17) is 10.2 Å². The van der Waals surface area contributed by atoms with Crippen LogP contribution in [0.1, 0.15) is 22.4 Å². The molecule has 25 heavy (non-hydrogen) atoms. The van der Waals surface area contributed by atoms with Crippen molar-refractivity contribution in [2.75, 3.05) is 5.73 Å². The third-order valence-electron chi connectivity index (χ3n) is 3.75. The first-order valence-corrected chi connectivity index (χ1v) is 8.30. The molecule has 126 valence electrons. The molecule has 4 rings (SSSR count). The fraction of sp³-hybridized carbons (Fsp3) is 0.118. The lowest BCUT2D eigenvalue weighted by Crippen LogP contribution is -2.00. The van der Waals surface area contributed by atoms with Crippen LogP contribution in [0.5, 0.6) is 5.75 Å². The summed E-state index contributed by atoms with van der Waals surface area (Å²) in [6.07, 6.45) is 0.436. The van der Waals surface area contributed by atoms with Gasteiger partial charge < -0.3 is 20.4 Å². The molecule has 1 unspecified atom stereocenters. The van der Waals surface area contributed by atoms with E-state index in [-0.39, 0.29) is 11.4 Å². The molecule has 0 radical (unpaired) electrons. The number of anilines is 1. The molecule has 0 aliphatic carbocycles. The zero-order chi connectivity index (χ0) is 17.6. The van der Waals surface area contributed by atoms with Crippen molar-refractivity contribution in [2.24, 2.45) is 0 Å². The molecule has 0 spiro atoms. The highest BCUT2D eigenvalue weighted by Crippen LogP contribution is 2.36. The van der Waals surface area contributed by atoms with E-state index in [2.05, 4.69) is 15.0 Å². The Morgan fingerprint density at radius 3 is 2.80 bits per heavy atom. The Balaban J connectivity index is 1.80. The smallest absolute Gasteiger partial charge is 0.199 e. The third kappa shape index (κ3) is 2.71. The van der Waals surface area contributed by atoms with Crippen molar-refractivity contribution in [1.29, 1.82) is 0 Å². The number of aryl methyl sites for hydroxylation is 1. The van der Waals surface area contributed by atoms with Crippen LogP contribution in [0.25, 0.3) is 21.8 Å². The summed E-state index contributed by atoms with van der Waals surface area (Å²) in [4.78, 5) is 14.0. The first kappa shape index (κ1) is 15.6. The monoisotopic (exact) mass is 354 g/mol. The van der Waals surface area contributed by atoms with E-state index >= 15 is 0 Å². The summed E-state index contributed by atoms with van der Waals surface area (Å²) in [5.74, 6) is 1.91. The molecule has 1 atom stereocenters. The minimum Gasteiger partial charge on any atom is -0.506 e. The van der Waals surface area contributed by atoms with Crippen LogP contribution in [0.4, 0.5) is 5.82 Å². The molecule has 0 fully saturated rings. The van der Waals surface area contributed by atoms with Gasteiger partial charge in [0, 0.05) is 11.1 Å². The standard InChI is InChI=1S/C17H14N4O3S/c1-8-4-5-11(24-8)16-20-15(18)9-7-12(25-17(9)21-16)14(23)13-10(22)3-2-6-19-13/h2-7,14,22-23H,1H3,(H2,18,20,21). The van der Waals surface area contributed by atoms with Crippen molar-refractivity contribution in [2.45, 2.75) is 13.0 Å². The van der Waals surface area contributed by atoms with Crippen molar-refractivity contribution < 1.29 is 14.6 Å². The first-order valence-electron chi connectivity index (χ1n) is 7.48. The number of nitrogens with two attached hydrogens (primary N) is 1. The minimum atomic E-state index is -1.07. The van der Waals surface area contributed by atoms with Gasteiger partial charge in [-0.2, -0.15) is 0 Å². The van der Waals surface area contributed by atoms with Gasteiger partial charge in [-0.05, 0) is 37.3 Å². The number of aromatic nitrogens is 3. The van der Waals surface area contributed by atoms with E-state index in [0.717, 1.165) is 5.76 Å². The van der Waals surface area contributed by atoms with Crippen LogP contribution in [-0.2, 0) is 0 Å². The molecular formula is C17H14N4O3S. The summed E-state index contributed by atoms with van der Waals surface area (Å²) in [6, 6.07) is 8.39. The molecule has 4 aromatic heterocycles. The molecule has 0 aliphatic rings. The zero-order valence-corrected chi connectivity index (χ0v) is 14.0. The molecule has 0 aliphatic heterocycles. The van der Waals surface area contributed by atoms with Crippen LogP contribution in [-0.4, -0.2) is 25.2 Å². The Morgan fingerprint density at radius 1 is 1.24 bits per heavy atom. The van der Waals surface area contributed by atoms with Crippen LogP contribution < -0.4 is 5.73 Å². The van der Waals surface area contributed by atoms with Crippen molar-refractivity contribution in [3.8, 4) is 17.3 Å². The fourth-order valence-corrected chi connectivity index (χ4v) is 3.55. The summed E-state index contributed by atoms with van der Waals surface area (Å²) >= 11 is 1.26. The number of fused-ring (bicyclic) bond motifs is 1. The molecule has 0 saturated heterocycles. The van der Waals surface area contributed by atoms with Crippen molar-refractivity contribution >= 4 is 27.4 Å². The van der Waals surface area contributed by atoms with E-state index < -0.39 is 6.10 Å². The number of nitrogens with zero attached hydrogens (tertiary/aromatic N) is 3. The quantitative estimate of drug-likeness (QED) is 0.517. The number of thiophene rings is 1. The normalized spacial score (nSPS) is 12.6. The predicted octanol–water partition coefficient (Wildman–Crippen LogP) is 3.02. The van der Waals surface area contributed by atoms with Gasteiger partial charge in [-0.3, -0.25) is 4.98 Å². The number of hydrogen-bond donors (Lipinski definition) is 3. The molecule has 0 bridgehead atoms. The van der Waals surface area contributed by atoms with Crippen LogP contribution in [0.3, 0.4) is 0 Å². The van der Waals surface area contributed by atoms with Gasteiger partial charge in [0.05, 0.1) is 5.39 Å². The van der Waals surface area contributed by atoms with E-state index in [1.807, 2.05) is 13.0 Å². The van der Waals surface area contributed by atoms with Gasteiger partial charge in [0.2, 0.25) is 0 Å². The van der Waals surface area contributed by atoms with Crippen molar-refractivity contribution in [3.63, 3.8) is 0 Å². The number of hydrogen-bond acceptors (Lipinski definition) is 8. The predicted molar refractivity (Wildman–Crippen MR) is 94.2 cm³/mol. The molecule has 4 aromatic rings. The maximum absolute atomic E-state index is 10.5. The molecule has 0 aromatic carbocycles. The largest absolute Gasteiger partial charge is 0.506 e. The number of nitrogen functional groups attached to an aromatic ring is 1. The van der Waals surface area contributed by atoms with Crippen LogP contribution in [0.15, 0.2) is 40.9 Å². The highest BCUT2D eigenvalue weighted by Gasteiger charge is 2.21. The summed E-state index contributed by atoms with van der Waals surface area (Å²) < 4.78 is 5.54. The maximum Gasteiger partial charge on any atom is 0.199 e. The number of aliphatic hydroxyl groups is 1. The Morgan fingerprint density at radius 2 is 2.08 bits per heavy atom. The molecule has 4 heterocycles. The molecule has 8 heteroatoms. The van der Waals surface area contributed by atoms with E-state index in [1.165, 1.54) is 23.6 Å². The number of rotatable bonds is 3. The summed E-state index contributed by atoms with van der Waals surface area (Å²) in [5.41, 5.74) is 6.23. The van der Waals surface area contributed by atoms with Crippen molar-refractivity contribution in [3.05, 3.63) is 52.9 Å². The summed E-state index contributed by atoms with van der Waals surface area (Å²) in [6.45, 7) is 1.84. The second-order valence-corrected chi connectivity index (χ2v) is 6.58. The summed E-state index contributed by atoms with van der Waals surface area (Å²) in [5, 5.41) is 21.1. The molecular weight excluding hydrogens is 340 g/mol. The van der Waals surface area contributed by atoms with Crippen LogP contribution in [0, 0.1) is 6.92 Å². The number of aliphatic hydroxyl groups excluding tert-OH is 1. The van der Waals surface area contributed by atoms with Gasteiger partial charge in [0.1, 0.15) is 34.0 Å². The maximum atomic E-state index is 10.5. The number of pyridine rings is 1. The molecule has 4 N–H and O–H groups in total. The van der Waals surface area contributed by atoms with Crippen LogP contribution >= 0.6 is 11.3 Å². The topological polar surface area (TPSA) is 118 Å². The van der Waals surface area contributed by atoms with Gasteiger partial charge in [-0.1, -0.05) is 0 Å². The van der Waals surface area contributed by atoms with Gasteiger partial charge in [-0.25, -0.2) is 9.97 Å². The summed E-state index contributed by atoms with van der Waals surface area (Å²) in [7, 11) is 0. The Hall–Kier alpha value is -2.97. The molecule has 0 saturated carbocycles. The zero-order valence-electron chi connectivity index (χ0n) is 13.2. The van der Waals surface area contributed by atoms with Gasteiger partial charge in [0.25, 0.3) is 0 Å². The van der Waals surface area contributed by atoms with E-state index in [1.54, 1.807) is 18.2 Å². The highest BCUT2D eigenvalue weighted by atomic mass is 32.1. The molecule has 7 nitrogen and oxygen atoms in total. The van der Waals surface area contributed by atoms with Gasteiger partial charge in [-0.15, -0.1) is 11.3 Å². The Bertz CT molecular complexity index is 1070. The number of aromatic hydroxyl groups is 1.